The molecule has 3 aliphatic carbocycles. The van der Waals surface area contributed by atoms with Gasteiger partial charge in [0.2, 0.25) is 0 Å². The first kappa shape index (κ1) is 23.1. The van der Waals surface area contributed by atoms with Crippen LogP contribution < -0.4 is 0 Å². The third-order valence-corrected chi connectivity index (χ3v) is 8.60. The summed E-state index contributed by atoms with van der Waals surface area (Å²) in [6.07, 6.45) is 23.6. The van der Waals surface area contributed by atoms with Crippen LogP contribution in [0.4, 0.5) is 0 Å². The molecule has 4 unspecified atom stereocenters. The Bertz CT molecular complexity index is 473. The fraction of sp³-hybridized carbons (Fsp3) is 0.963. The molecule has 3 aliphatic rings. The molecule has 2 heteroatoms. The lowest BCUT2D eigenvalue weighted by Crippen LogP contribution is -2.43. The van der Waals surface area contributed by atoms with Crippen molar-refractivity contribution >= 4 is 5.97 Å². The van der Waals surface area contributed by atoms with Crippen LogP contribution in [-0.4, -0.2) is 12.1 Å². The minimum absolute atomic E-state index is 0.0752. The highest BCUT2D eigenvalue weighted by atomic mass is 16.5. The molecule has 3 rings (SSSR count). The summed E-state index contributed by atoms with van der Waals surface area (Å²) < 4.78 is 5.92. The maximum atomic E-state index is 12.3. The van der Waals surface area contributed by atoms with Gasteiger partial charge in [-0.2, -0.15) is 0 Å². The Morgan fingerprint density at radius 1 is 0.724 bits per heavy atom. The number of ether oxygens (including phenoxy) is 1. The summed E-state index contributed by atoms with van der Waals surface area (Å²) >= 11 is 0. The molecule has 0 saturated heterocycles. The van der Waals surface area contributed by atoms with Gasteiger partial charge in [-0.25, -0.2) is 0 Å². The number of carbonyl (C=O) groups excluding carboxylic acids is 1. The lowest BCUT2D eigenvalue weighted by atomic mass is 9.56. The maximum Gasteiger partial charge on any atom is 0.306 e. The number of carbonyl (C=O) groups is 1. The van der Waals surface area contributed by atoms with Crippen molar-refractivity contribution in [3.63, 3.8) is 0 Å². The molecule has 2 nitrogen and oxygen atoms in total. The van der Waals surface area contributed by atoms with Crippen LogP contribution in [0.5, 0.6) is 0 Å². The number of esters is 1. The summed E-state index contributed by atoms with van der Waals surface area (Å²) in [7, 11) is 0. The van der Waals surface area contributed by atoms with Crippen molar-refractivity contribution in [3.8, 4) is 0 Å². The molecular formula is C27H48O2. The van der Waals surface area contributed by atoms with Crippen LogP contribution in [0, 0.1) is 29.6 Å². The monoisotopic (exact) mass is 404 g/mol. The SMILES string of the molecule is CCCCCCCC(=O)O[C@H]1CCC2C(CCC3C[C@@H](CCCCC)CCC32)C1. The molecule has 0 N–H and O–H groups in total. The molecule has 0 bridgehead atoms. The van der Waals surface area contributed by atoms with Gasteiger partial charge < -0.3 is 4.74 Å². The van der Waals surface area contributed by atoms with Crippen LogP contribution in [0.1, 0.15) is 129 Å². The van der Waals surface area contributed by atoms with Crippen LogP contribution in [0.2, 0.25) is 0 Å². The first-order chi connectivity index (χ1) is 14.2. The van der Waals surface area contributed by atoms with Crippen molar-refractivity contribution in [3.05, 3.63) is 0 Å². The lowest BCUT2D eigenvalue weighted by Gasteiger charge is -2.50. The van der Waals surface area contributed by atoms with Crippen molar-refractivity contribution in [2.75, 3.05) is 0 Å². The van der Waals surface area contributed by atoms with Crippen molar-refractivity contribution in [2.45, 2.75) is 136 Å². The highest BCUT2D eigenvalue weighted by Gasteiger charge is 2.44. The quantitative estimate of drug-likeness (QED) is 0.257. The summed E-state index contributed by atoms with van der Waals surface area (Å²) in [6.45, 7) is 4.55. The van der Waals surface area contributed by atoms with E-state index in [2.05, 4.69) is 13.8 Å². The van der Waals surface area contributed by atoms with Gasteiger partial charge in [0.05, 0.1) is 0 Å². The molecule has 0 heterocycles. The highest BCUT2D eigenvalue weighted by molar-refractivity contribution is 5.69. The van der Waals surface area contributed by atoms with Crippen LogP contribution in [-0.2, 0) is 9.53 Å². The van der Waals surface area contributed by atoms with E-state index in [9.17, 15) is 4.79 Å². The number of unbranched alkanes of at least 4 members (excludes halogenated alkanes) is 6. The molecule has 0 aromatic carbocycles. The summed E-state index contributed by atoms with van der Waals surface area (Å²) in [5.74, 6) is 4.88. The summed E-state index contributed by atoms with van der Waals surface area (Å²) in [5, 5.41) is 0. The van der Waals surface area contributed by atoms with Gasteiger partial charge >= 0.3 is 5.97 Å². The minimum atomic E-state index is 0.0752. The number of fused-ring (bicyclic) bond motifs is 3. The van der Waals surface area contributed by atoms with Gasteiger partial charge in [-0.05, 0) is 81.0 Å². The summed E-state index contributed by atoms with van der Waals surface area (Å²) in [4.78, 5) is 12.3. The smallest absolute Gasteiger partial charge is 0.306 e. The Kier molecular flexibility index (Phi) is 9.86. The molecular weight excluding hydrogens is 356 g/mol. The zero-order valence-electron chi connectivity index (χ0n) is 19.5. The van der Waals surface area contributed by atoms with Crippen LogP contribution in [0.15, 0.2) is 0 Å². The number of hydrogen-bond donors (Lipinski definition) is 0. The Balaban J connectivity index is 1.37. The standard InChI is InChI=1S/C27H48O2/c1-3-5-7-8-10-12-27(28)29-24-16-18-26-23(20-24)15-14-22-19-21(11-9-6-4-2)13-17-25(22)26/h21-26H,3-20H2,1-2H3/t21-,22?,23?,24-,25?,26?/m0/s1. The van der Waals surface area contributed by atoms with E-state index in [0.29, 0.717) is 6.42 Å². The van der Waals surface area contributed by atoms with E-state index >= 15 is 0 Å². The van der Waals surface area contributed by atoms with E-state index in [-0.39, 0.29) is 12.1 Å². The molecule has 29 heavy (non-hydrogen) atoms. The van der Waals surface area contributed by atoms with Crippen molar-refractivity contribution in [1.29, 1.82) is 0 Å². The molecule has 168 valence electrons. The van der Waals surface area contributed by atoms with Crippen molar-refractivity contribution in [2.24, 2.45) is 29.6 Å². The van der Waals surface area contributed by atoms with E-state index in [4.69, 9.17) is 4.74 Å². The number of rotatable bonds is 11. The van der Waals surface area contributed by atoms with Gasteiger partial charge in [0, 0.05) is 6.42 Å². The summed E-state index contributed by atoms with van der Waals surface area (Å²) in [6, 6.07) is 0. The fourth-order valence-electron chi connectivity index (χ4n) is 7.02. The second-order valence-corrected chi connectivity index (χ2v) is 10.7. The van der Waals surface area contributed by atoms with E-state index in [0.717, 1.165) is 48.9 Å². The topological polar surface area (TPSA) is 26.3 Å². The molecule has 0 aromatic heterocycles. The number of hydrogen-bond acceptors (Lipinski definition) is 2. The third kappa shape index (κ3) is 7.00. The van der Waals surface area contributed by atoms with Crippen LogP contribution in [0.25, 0.3) is 0 Å². The third-order valence-electron chi connectivity index (χ3n) is 8.60. The second kappa shape index (κ2) is 12.4. The molecule has 0 amide bonds. The van der Waals surface area contributed by atoms with Gasteiger partial charge in [0.25, 0.3) is 0 Å². The first-order valence-corrected chi connectivity index (χ1v) is 13.4. The lowest BCUT2D eigenvalue weighted by molar-refractivity contribution is -0.153. The van der Waals surface area contributed by atoms with E-state index in [1.54, 1.807) is 0 Å². The second-order valence-electron chi connectivity index (χ2n) is 10.7. The Labute approximate surface area is 180 Å². The van der Waals surface area contributed by atoms with E-state index in [1.165, 1.54) is 89.9 Å². The summed E-state index contributed by atoms with van der Waals surface area (Å²) in [5.41, 5.74) is 0. The minimum Gasteiger partial charge on any atom is -0.462 e. The Hall–Kier alpha value is -0.530. The van der Waals surface area contributed by atoms with Crippen molar-refractivity contribution in [1.82, 2.24) is 0 Å². The van der Waals surface area contributed by atoms with Crippen molar-refractivity contribution < 1.29 is 9.53 Å². The molecule has 0 aliphatic heterocycles. The van der Waals surface area contributed by atoms with E-state index in [1.807, 2.05) is 0 Å². The molecule has 6 atom stereocenters. The van der Waals surface area contributed by atoms with E-state index < -0.39 is 0 Å². The van der Waals surface area contributed by atoms with Crippen LogP contribution >= 0.6 is 0 Å². The maximum absolute atomic E-state index is 12.3. The normalized spacial score (nSPS) is 34.3. The van der Waals surface area contributed by atoms with Gasteiger partial charge in [0.15, 0.2) is 0 Å². The largest absolute Gasteiger partial charge is 0.462 e. The van der Waals surface area contributed by atoms with Gasteiger partial charge in [0.1, 0.15) is 6.10 Å². The molecule has 0 spiro atoms. The van der Waals surface area contributed by atoms with Crippen LogP contribution in [0.3, 0.4) is 0 Å². The molecule has 0 aromatic rings. The highest BCUT2D eigenvalue weighted by Crippen LogP contribution is 2.53. The molecule has 3 fully saturated rings. The zero-order valence-corrected chi connectivity index (χ0v) is 19.5. The Morgan fingerprint density at radius 2 is 1.38 bits per heavy atom. The van der Waals surface area contributed by atoms with Gasteiger partial charge in [-0.1, -0.05) is 71.6 Å². The van der Waals surface area contributed by atoms with Gasteiger partial charge in [-0.15, -0.1) is 0 Å². The Morgan fingerprint density at radius 3 is 2.14 bits per heavy atom. The first-order valence-electron chi connectivity index (χ1n) is 13.4. The molecule has 0 radical (unpaired) electrons. The zero-order chi connectivity index (χ0) is 20.5. The average Bonchev–Trinajstić information content (AvgIpc) is 2.73. The molecule has 3 saturated carbocycles. The van der Waals surface area contributed by atoms with Gasteiger partial charge in [-0.3, -0.25) is 4.79 Å². The fourth-order valence-corrected chi connectivity index (χ4v) is 7.02. The average molecular weight is 405 g/mol. The predicted molar refractivity (Wildman–Crippen MR) is 122 cm³/mol. The predicted octanol–water partition coefficient (Wildman–Crippen LogP) is 8.08.